The number of rotatable bonds is 5. The van der Waals surface area contributed by atoms with Crippen LogP contribution in [0.3, 0.4) is 0 Å². The molecule has 0 aliphatic rings. The highest BCUT2D eigenvalue weighted by molar-refractivity contribution is 5.94. The monoisotopic (exact) mass is 258 g/mol. The summed E-state index contributed by atoms with van der Waals surface area (Å²) >= 11 is 0. The van der Waals surface area contributed by atoms with E-state index >= 15 is 0 Å². The van der Waals surface area contributed by atoms with Crippen molar-refractivity contribution in [3.8, 4) is 5.69 Å². The molecule has 0 aliphatic carbocycles. The van der Waals surface area contributed by atoms with Crippen molar-refractivity contribution in [3.05, 3.63) is 42.7 Å². The third kappa shape index (κ3) is 3.42. The second-order valence-corrected chi connectivity index (χ2v) is 4.39. The van der Waals surface area contributed by atoms with Gasteiger partial charge in [-0.15, -0.1) is 0 Å². The average molecular weight is 258 g/mol. The Morgan fingerprint density at radius 1 is 1.47 bits per heavy atom. The number of nitrogens with two attached hydrogens (primary N) is 1. The quantitative estimate of drug-likeness (QED) is 0.860. The van der Waals surface area contributed by atoms with Crippen LogP contribution < -0.4 is 11.1 Å². The van der Waals surface area contributed by atoms with Gasteiger partial charge in [0.05, 0.1) is 11.7 Å². The van der Waals surface area contributed by atoms with Gasteiger partial charge in [0.15, 0.2) is 0 Å². The van der Waals surface area contributed by atoms with Crippen molar-refractivity contribution in [1.29, 1.82) is 0 Å². The molecule has 5 heteroatoms. The van der Waals surface area contributed by atoms with E-state index in [9.17, 15) is 4.79 Å². The number of aromatic nitrogens is 2. The minimum absolute atomic E-state index is 0.153. The van der Waals surface area contributed by atoms with E-state index in [4.69, 9.17) is 5.73 Å². The fourth-order valence-electron chi connectivity index (χ4n) is 1.82. The maximum atomic E-state index is 11.8. The first-order chi connectivity index (χ1) is 9.20. The summed E-state index contributed by atoms with van der Waals surface area (Å²) in [7, 11) is 0. The average Bonchev–Trinajstić information content (AvgIpc) is 2.93. The van der Waals surface area contributed by atoms with E-state index < -0.39 is 6.04 Å². The number of amides is 1. The van der Waals surface area contributed by atoms with Gasteiger partial charge in [-0.05, 0) is 30.7 Å². The Balaban J connectivity index is 2.09. The summed E-state index contributed by atoms with van der Waals surface area (Å²) in [5.41, 5.74) is 7.40. The zero-order valence-corrected chi connectivity index (χ0v) is 10.9. The molecule has 0 saturated carbocycles. The van der Waals surface area contributed by atoms with Crippen LogP contribution in [0.2, 0.25) is 0 Å². The van der Waals surface area contributed by atoms with Crippen LogP contribution in [0.1, 0.15) is 19.8 Å². The zero-order valence-electron chi connectivity index (χ0n) is 10.9. The van der Waals surface area contributed by atoms with Gasteiger partial charge in [-0.25, -0.2) is 4.68 Å². The molecule has 5 nitrogen and oxygen atoms in total. The van der Waals surface area contributed by atoms with E-state index in [2.05, 4.69) is 10.4 Å². The Bertz CT molecular complexity index is 536. The predicted octanol–water partition coefficient (Wildman–Crippen LogP) is 1.94. The largest absolute Gasteiger partial charge is 0.325 e. The maximum Gasteiger partial charge on any atom is 0.241 e. The minimum atomic E-state index is -0.460. The highest BCUT2D eigenvalue weighted by atomic mass is 16.2. The summed E-state index contributed by atoms with van der Waals surface area (Å²) in [5, 5.41) is 6.97. The third-order valence-corrected chi connectivity index (χ3v) is 2.82. The normalized spacial score (nSPS) is 12.1. The predicted molar refractivity (Wildman–Crippen MR) is 75.1 cm³/mol. The van der Waals surface area contributed by atoms with Crippen molar-refractivity contribution in [2.75, 3.05) is 5.32 Å². The van der Waals surface area contributed by atoms with Gasteiger partial charge in [-0.3, -0.25) is 4.79 Å². The van der Waals surface area contributed by atoms with E-state index in [0.29, 0.717) is 6.42 Å². The molecule has 100 valence electrons. The smallest absolute Gasteiger partial charge is 0.241 e. The highest BCUT2D eigenvalue weighted by Crippen LogP contribution is 2.14. The molecule has 0 fully saturated rings. The van der Waals surface area contributed by atoms with Crippen molar-refractivity contribution in [1.82, 2.24) is 9.78 Å². The minimum Gasteiger partial charge on any atom is -0.325 e. The van der Waals surface area contributed by atoms with Crippen LogP contribution in [-0.2, 0) is 4.79 Å². The molecule has 0 aliphatic heterocycles. The molecule has 0 bridgehead atoms. The lowest BCUT2D eigenvalue weighted by Gasteiger charge is -2.12. The van der Waals surface area contributed by atoms with Gasteiger partial charge >= 0.3 is 0 Å². The molecule has 1 aromatic carbocycles. The standard InChI is InChI=1S/C14H18N4O/c1-2-5-13(15)14(19)17-11-6-3-7-12(10-11)18-9-4-8-16-18/h3-4,6-10,13H,2,5,15H2,1H3,(H,17,19). The number of benzene rings is 1. The first kappa shape index (κ1) is 13.3. The van der Waals surface area contributed by atoms with Crippen LogP contribution in [0.15, 0.2) is 42.7 Å². The van der Waals surface area contributed by atoms with E-state index in [1.807, 2.05) is 43.5 Å². The Labute approximate surface area is 112 Å². The number of anilines is 1. The summed E-state index contributed by atoms with van der Waals surface area (Å²) in [6.07, 6.45) is 5.14. The molecule has 3 N–H and O–H groups in total. The molecule has 1 heterocycles. The topological polar surface area (TPSA) is 72.9 Å². The second kappa shape index (κ2) is 6.15. The molecule has 1 amide bonds. The summed E-state index contributed by atoms with van der Waals surface area (Å²) in [5.74, 6) is -0.153. The van der Waals surface area contributed by atoms with E-state index in [0.717, 1.165) is 17.8 Å². The number of hydrogen-bond donors (Lipinski definition) is 2. The van der Waals surface area contributed by atoms with Crippen LogP contribution in [0.25, 0.3) is 5.69 Å². The molecule has 0 saturated heterocycles. The van der Waals surface area contributed by atoms with E-state index in [1.54, 1.807) is 10.9 Å². The number of nitrogens with zero attached hydrogens (tertiary/aromatic N) is 2. The van der Waals surface area contributed by atoms with E-state index in [-0.39, 0.29) is 5.91 Å². The SMILES string of the molecule is CCCC(N)C(=O)Nc1cccc(-n2cccn2)c1. The summed E-state index contributed by atoms with van der Waals surface area (Å²) < 4.78 is 1.74. The molecule has 19 heavy (non-hydrogen) atoms. The van der Waals surface area contributed by atoms with Gasteiger partial charge < -0.3 is 11.1 Å². The Morgan fingerprint density at radius 2 is 2.32 bits per heavy atom. The fraction of sp³-hybridized carbons (Fsp3) is 0.286. The first-order valence-corrected chi connectivity index (χ1v) is 6.37. The Kier molecular flexibility index (Phi) is 4.30. The lowest BCUT2D eigenvalue weighted by molar-refractivity contribution is -0.117. The molecule has 0 radical (unpaired) electrons. The van der Waals surface area contributed by atoms with Gasteiger partial charge in [0.25, 0.3) is 0 Å². The molecular formula is C14H18N4O. The van der Waals surface area contributed by atoms with Crippen LogP contribution in [0, 0.1) is 0 Å². The summed E-state index contributed by atoms with van der Waals surface area (Å²) in [6, 6.07) is 8.89. The molecule has 1 atom stereocenters. The van der Waals surface area contributed by atoms with Crippen LogP contribution in [-0.4, -0.2) is 21.7 Å². The molecule has 2 rings (SSSR count). The Morgan fingerprint density at radius 3 is 3.00 bits per heavy atom. The number of carbonyl (C=O) groups excluding carboxylic acids is 1. The van der Waals surface area contributed by atoms with Crippen LogP contribution in [0.4, 0.5) is 5.69 Å². The van der Waals surface area contributed by atoms with Crippen molar-refractivity contribution >= 4 is 11.6 Å². The summed E-state index contributed by atoms with van der Waals surface area (Å²) in [6.45, 7) is 2.01. The number of hydrogen-bond acceptors (Lipinski definition) is 3. The van der Waals surface area contributed by atoms with Gasteiger partial charge in [0.1, 0.15) is 0 Å². The van der Waals surface area contributed by atoms with Crippen molar-refractivity contribution in [3.63, 3.8) is 0 Å². The first-order valence-electron chi connectivity index (χ1n) is 6.37. The maximum absolute atomic E-state index is 11.8. The fourth-order valence-corrected chi connectivity index (χ4v) is 1.82. The third-order valence-electron chi connectivity index (χ3n) is 2.82. The van der Waals surface area contributed by atoms with Crippen molar-refractivity contribution < 1.29 is 4.79 Å². The zero-order chi connectivity index (χ0) is 13.7. The van der Waals surface area contributed by atoms with Crippen molar-refractivity contribution in [2.24, 2.45) is 5.73 Å². The number of nitrogens with one attached hydrogen (secondary N) is 1. The van der Waals surface area contributed by atoms with Crippen LogP contribution >= 0.6 is 0 Å². The lowest BCUT2D eigenvalue weighted by atomic mass is 10.1. The lowest BCUT2D eigenvalue weighted by Crippen LogP contribution is -2.35. The van der Waals surface area contributed by atoms with Gasteiger partial charge in [-0.2, -0.15) is 5.10 Å². The molecule has 1 unspecified atom stereocenters. The van der Waals surface area contributed by atoms with Gasteiger partial charge in [0.2, 0.25) is 5.91 Å². The highest BCUT2D eigenvalue weighted by Gasteiger charge is 2.12. The molecule has 1 aromatic heterocycles. The van der Waals surface area contributed by atoms with Gasteiger partial charge in [-0.1, -0.05) is 19.4 Å². The van der Waals surface area contributed by atoms with E-state index in [1.165, 1.54) is 0 Å². The van der Waals surface area contributed by atoms with Crippen molar-refractivity contribution in [2.45, 2.75) is 25.8 Å². The Hall–Kier alpha value is -2.14. The number of carbonyl (C=O) groups is 1. The second-order valence-electron chi connectivity index (χ2n) is 4.39. The van der Waals surface area contributed by atoms with Gasteiger partial charge in [0, 0.05) is 18.1 Å². The molecule has 2 aromatic rings. The molecule has 0 spiro atoms. The molecular weight excluding hydrogens is 240 g/mol. The summed E-state index contributed by atoms with van der Waals surface area (Å²) in [4.78, 5) is 11.8. The van der Waals surface area contributed by atoms with Crippen LogP contribution in [0.5, 0.6) is 0 Å².